The third-order valence-electron chi connectivity index (χ3n) is 3.09. The zero-order valence-corrected chi connectivity index (χ0v) is 14.3. The van der Waals surface area contributed by atoms with Gasteiger partial charge in [0.1, 0.15) is 9.22 Å². The second kappa shape index (κ2) is 5.74. The van der Waals surface area contributed by atoms with Crippen LogP contribution in [0.15, 0.2) is 0 Å². The molecule has 1 aliphatic rings. The summed E-state index contributed by atoms with van der Waals surface area (Å²) in [7, 11) is 0. The van der Waals surface area contributed by atoms with Gasteiger partial charge in [0.15, 0.2) is 15.6 Å². The Morgan fingerprint density at radius 1 is 1.26 bits per heavy atom. The van der Waals surface area contributed by atoms with Crippen LogP contribution in [0, 0.1) is 7.40 Å². The van der Waals surface area contributed by atoms with Gasteiger partial charge >= 0.3 is 0 Å². The highest BCUT2D eigenvalue weighted by atomic mass is 127. The highest BCUT2D eigenvalue weighted by Gasteiger charge is 2.23. The zero-order chi connectivity index (χ0) is 13.4. The van der Waals surface area contributed by atoms with Gasteiger partial charge in [-0.05, 0) is 64.4 Å². The number of hydrogen-bond donors (Lipinski definition) is 1. The van der Waals surface area contributed by atoms with Gasteiger partial charge < -0.3 is 9.84 Å². The normalized spacial score (nSPS) is 20.1. The fourth-order valence-electron chi connectivity index (χ4n) is 2.15. The standard InChI is InChI=1S/C11H12I2N4O2/c12-9-6(5-18)14-8-10(13)16-17(11(8)15-9)7-3-1-2-4-19-7/h7,18H,1-5H2. The Morgan fingerprint density at radius 2 is 2.11 bits per heavy atom. The van der Waals surface area contributed by atoms with Gasteiger partial charge in [-0.1, -0.05) is 0 Å². The Labute approximate surface area is 137 Å². The lowest BCUT2D eigenvalue weighted by Gasteiger charge is -2.22. The predicted octanol–water partition coefficient (Wildman–Crippen LogP) is 2.23. The molecule has 102 valence electrons. The maximum absolute atomic E-state index is 9.26. The van der Waals surface area contributed by atoms with Gasteiger partial charge in [-0.3, -0.25) is 0 Å². The highest BCUT2D eigenvalue weighted by molar-refractivity contribution is 14.1. The molecule has 0 aromatic carbocycles. The Bertz CT molecular complexity index is 610. The van der Waals surface area contributed by atoms with E-state index < -0.39 is 0 Å². The number of halogens is 2. The van der Waals surface area contributed by atoms with E-state index in [1.165, 1.54) is 0 Å². The summed E-state index contributed by atoms with van der Waals surface area (Å²) in [6.07, 6.45) is 3.14. The van der Waals surface area contributed by atoms with E-state index in [0.717, 1.165) is 40.7 Å². The third kappa shape index (κ3) is 2.59. The molecule has 1 aliphatic heterocycles. The Kier molecular flexibility index (Phi) is 4.19. The minimum absolute atomic E-state index is 0.0511. The van der Waals surface area contributed by atoms with E-state index in [1.807, 2.05) is 4.68 Å². The lowest BCUT2D eigenvalue weighted by atomic mass is 10.2. The summed E-state index contributed by atoms with van der Waals surface area (Å²) < 4.78 is 9.09. The molecular formula is C11H12I2N4O2. The van der Waals surface area contributed by atoms with Crippen molar-refractivity contribution in [2.24, 2.45) is 0 Å². The van der Waals surface area contributed by atoms with E-state index in [2.05, 4.69) is 60.2 Å². The summed E-state index contributed by atoms with van der Waals surface area (Å²) in [6, 6.07) is 0. The molecule has 6 nitrogen and oxygen atoms in total. The number of ether oxygens (including phenoxy) is 1. The lowest BCUT2D eigenvalue weighted by Crippen LogP contribution is -2.19. The van der Waals surface area contributed by atoms with Gasteiger partial charge in [0, 0.05) is 6.61 Å². The molecule has 1 atom stereocenters. The van der Waals surface area contributed by atoms with Crippen LogP contribution in [-0.2, 0) is 11.3 Å². The number of rotatable bonds is 2. The van der Waals surface area contributed by atoms with Crippen molar-refractivity contribution < 1.29 is 9.84 Å². The summed E-state index contributed by atoms with van der Waals surface area (Å²) in [4.78, 5) is 8.96. The third-order valence-corrected chi connectivity index (χ3v) is 4.68. The van der Waals surface area contributed by atoms with Gasteiger partial charge in [0.05, 0.1) is 12.3 Å². The Hall–Kier alpha value is -0.0700. The first kappa shape index (κ1) is 13.9. The van der Waals surface area contributed by atoms with Gasteiger partial charge in [-0.15, -0.1) is 0 Å². The second-order valence-corrected chi connectivity index (χ2v) is 6.39. The van der Waals surface area contributed by atoms with E-state index in [4.69, 9.17) is 4.74 Å². The maximum atomic E-state index is 9.26. The molecule has 0 bridgehead atoms. The van der Waals surface area contributed by atoms with Crippen LogP contribution in [0.3, 0.4) is 0 Å². The minimum Gasteiger partial charge on any atom is -0.390 e. The molecule has 1 unspecified atom stereocenters. The van der Waals surface area contributed by atoms with Crippen molar-refractivity contribution >= 4 is 56.3 Å². The number of aliphatic hydroxyl groups is 1. The summed E-state index contributed by atoms with van der Waals surface area (Å²) in [6.45, 7) is 0.657. The van der Waals surface area contributed by atoms with E-state index in [-0.39, 0.29) is 12.8 Å². The van der Waals surface area contributed by atoms with Crippen LogP contribution in [0.2, 0.25) is 0 Å². The zero-order valence-electron chi connectivity index (χ0n) is 10.0. The van der Waals surface area contributed by atoms with Crippen molar-refractivity contribution in [2.75, 3.05) is 6.61 Å². The van der Waals surface area contributed by atoms with E-state index in [0.29, 0.717) is 9.39 Å². The first-order chi connectivity index (χ1) is 9.20. The highest BCUT2D eigenvalue weighted by Crippen LogP contribution is 2.27. The molecule has 8 heteroatoms. The van der Waals surface area contributed by atoms with Crippen LogP contribution in [-0.4, -0.2) is 31.5 Å². The summed E-state index contributed by atoms with van der Waals surface area (Å²) in [5.74, 6) is 0. The van der Waals surface area contributed by atoms with Crippen LogP contribution in [0.1, 0.15) is 31.2 Å². The molecule has 3 heterocycles. The molecule has 19 heavy (non-hydrogen) atoms. The van der Waals surface area contributed by atoms with Crippen LogP contribution in [0.5, 0.6) is 0 Å². The number of fused-ring (bicyclic) bond motifs is 1. The molecule has 1 saturated heterocycles. The molecule has 0 amide bonds. The van der Waals surface area contributed by atoms with Crippen LogP contribution in [0.4, 0.5) is 0 Å². The molecule has 1 fully saturated rings. The largest absolute Gasteiger partial charge is 0.390 e. The molecular weight excluding hydrogens is 474 g/mol. The SMILES string of the molecule is OCc1nc2c(I)nn(C3CCCCO3)c2nc1I. The number of nitrogens with zero attached hydrogens (tertiary/aromatic N) is 4. The second-order valence-electron chi connectivity index (χ2n) is 4.35. The van der Waals surface area contributed by atoms with Crippen LogP contribution in [0.25, 0.3) is 11.2 Å². The number of aromatic nitrogens is 4. The molecule has 0 radical (unpaired) electrons. The topological polar surface area (TPSA) is 73.1 Å². The van der Waals surface area contributed by atoms with Gasteiger partial charge in [0.25, 0.3) is 0 Å². The summed E-state index contributed by atoms with van der Waals surface area (Å²) in [5.41, 5.74) is 2.06. The van der Waals surface area contributed by atoms with Gasteiger partial charge in [0.2, 0.25) is 0 Å². The van der Waals surface area contributed by atoms with Crippen molar-refractivity contribution in [1.82, 2.24) is 19.7 Å². The van der Waals surface area contributed by atoms with Crippen molar-refractivity contribution in [3.63, 3.8) is 0 Å². The van der Waals surface area contributed by atoms with Crippen molar-refractivity contribution in [3.05, 3.63) is 13.1 Å². The number of aliphatic hydroxyl groups excluding tert-OH is 1. The van der Waals surface area contributed by atoms with Crippen LogP contribution < -0.4 is 0 Å². The minimum atomic E-state index is -0.109. The smallest absolute Gasteiger partial charge is 0.181 e. The summed E-state index contributed by atoms with van der Waals surface area (Å²) in [5, 5.41) is 13.8. The average Bonchev–Trinajstić information content (AvgIpc) is 2.75. The van der Waals surface area contributed by atoms with E-state index in [9.17, 15) is 5.11 Å². The summed E-state index contributed by atoms with van der Waals surface area (Å²) >= 11 is 4.23. The van der Waals surface area contributed by atoms with Crippen molar-refractivity contribution in [1.29, 1.82) is 0 Å². The Morgan fingerprint density at radius 3 is 2.79 bits per heavy atom. The van der Waals surface area contributed by atoms with Crippen molar-refractivity contribution in [2.45, 2.75) is 32.1 Å². The molecule has 0 saturated carbocycles. The first-order valence-electron chi connectivity index (χ1n) is 6.03. The average molecular weight is 486 g/mol. The number of hydrogen-bond acceptors (Lipinski definition) is 5. The molecule has 2 aromatic rings. The van der Waals surface area contributed by atoms with Gasteiger partial charge in [-0.2, -0.15) is 5.10 Å². The molecule has 2 aromatic heterocycles. The Balaban J connectivity index is 2.12. The van der Waals surface area contributed by atoms with Crippen LogP contribution >= 0.6 is 45.2 Å². The fourth-order valence-corrected chi connectivity index (χ4v) is 3.26. The van der Waals surface area contributed by atoms with E-state index >= 15 is 0 Å². The first-order valence-corrected chi connectivity index (χ1v) is 8.19. The molecule has 0 spiro atoms. The monoisotopic (exact) mass is 486 g/mol. The predicted molar refractivity (Wildman–Crippen MR) is 85.5 cm³/mol. The fraction of sp³-hybridized carbons (Fsp3) is 0.545. The molecule has 3 rings (SSSR count). The van der Waals surface area contributed by atoms with Gasteiger partial charge in [-0.25, -0.2) is 14.6 Å². The maximum Gasteiger partial charge on any atom is 0.181 e. The molecule has 1 N–H and O–H groups in total. The van der Waals surface area contributed by atoms with E-state index in [1.54, 1.807) is 0 Å². The molecule has 0 aliphatic carbocycles. The quantitative estimate of drug-likeness (QED) is 0.660. The lowest BCUT2D eigenvalue weighted by molar-refractivity contribution is -0.0372. The van der Waals surface area contributed by atoms with Crippen molar-refractivity contribution in [3.8, 4) is 0 Å².